The second-order valence-corrected chi connectivity index (χ2v) is 5.22. The fourth-order valence-corrected chi connectivity index (χ4v) is 2.44. The van der Waals surface area contributed by atoms with E-state index in [0.717, 1.165) is 13.1 Å². The fraction of sp³-hybridized carbons (Fsp3) is 0.467. The molecule has 2 atom stereocenters. The molecule has 0 bridgehead atoms. The van der Waals surface area contributed by atoms with Gasteiger partial charge >= 0.3 is 0 Å². The van der Waals surface area contributed by atoms with Gasteiger partial charge in [-0.15, -0.1) is 0 Å². The number of hydrogen-bond donors (Lipinski definition) is 1. The minimum atomic E-state index is -0.787. The van der Waals surface area contributed by atoms with Crippen LogP contribution in [0.2, 0.25) is 0 Å². The van der Waals surface area contributed by atoms with E-state index in [2.05, 4.69) is 17.0 Å². The third kappa shape index (κ3) is 3.08. The normalized spacial score (nSPS) is 28.7. The standard InChI is InChI=1S/C15H19NO2/c1-15(18)8-9-16(12-14(15)7-10-17)11-13-5-3-2-4-6-13/h2-7,14,18H,8-9,11-12H2,1H3/t14-,15+/m0/s1. The van der Waals surface area contributed by atoms with Crippen LogP contribution in [0.4, 0.5) is 0 Å². The monoisotopic (exact) mass is 245 g/mol. The molecule has 0 spiro atoms. The zero-order valence-electron chi connectivity index (χ0n) is 10.7. The highest BCUT2D eigenvalue weighted by molar-refractivity contribution is 5.46. The molecule has 96 valence electrons. The van der Waals surface area contributed by atoms with Crippen molar-refractivity contribution in [2.45, 2.75) is 25.5 Å². The first-order valence-electron chi connectivity index (χ1n) is 6.31. The van der Waals surface area contributed by atoms with Crippen molar-refractivity contribution >= 4 is 5.94 Å². The van der Waals surface area contributed by atoms with Crippen LogP contribution >= 0.6 is 0 Å². The van der Waals surface area contributed by atoms with Crippen molar-refractivity contribution in [3.63, 3.8) is 0 Å². The Morgan fingerprint density at radius 3 is 2.89 bits per heavy atom. The van der Waals surface area contributed by atoms with Gasteiger partial charge < -0.3 is 5.11 Å². The van der Waals surface area contributed by atoms with Crippen molar-refractivity contribution < 1.29 is 9.90 Å². The average Bonchev–Trinajstić information content (AvgIpc) is 2.35. The predicted molar refractivity (Wildman–Crippen MR) is 70.7 cm³/mol. The number of carbonyl (C=O) groups excluding carboxylic acids is 1. The van der Waals surface area contributed by atoms with Gasteiger partial charge in [-0.1, -0.05) is 30.3 Å². The molecule has 1 N–H and O–H groups in total. The first kappa shape index (κ1) is 13.0. The topological polar surface area (TPSA) is 40.5 Å². The molecule has 1 aliphatic rings. The van der Waals surface area contributed by atoms with Crippen molar-refractivity contribution in [3.8, 4) is 0 Å². The second kappa shape index (κ2) is 5.49. The lowest BCUT2D eigenvalue weighted by Gasteiger charge is -2.41. The highest BCUT2D eigenvalue weighted by Crippen LogP contribution is 2.28. The molecule has 1 aromatic carbocycles. The summed E-state index contributed by atoms with van der Waals surface area (Å²) in [5, 5.41) is 10.2. The fourth-order valence-electron chi connectivity index (χ4n) is 2.44. The summed E-state index contributed by atoms with van der Waals surface area (Å²) in [6, 6.07) is 10.2. The predicted octanol–water partition coefficient (Wildman–Crippen LogP) is 1.65. The van der Waals surface area contributed by atoms with E-state index >= 15 is 0 Å². The van der Waals surface area contributed by atoms with Crippen molar-refractivity contribution in [1.82, 2.24) is 4.90 Å². The lowest BCUT2D eigenvalue weighted by molar-refractivity contribution is -0.0409. The van der Waals surface area contributed by atoms with E-state index in [1.54, 1.807) is 6.92 Å². The Labute approximate surface area is 108 Å². The SMILES string of the molecule is C[C@@]1(O)CCN(Cc2ccccc2)C[C@@H]1C=C=O. The molecular formula is C15H19NO2. The van der Waals surface area contributed by atoms with Gasteiger partial charge in [0.1, 0.15) is 5.94 Å². The lowest BCUT2D eigenvalue weighted by atomic mass is 9.82. The molecule has 1 heterocycles. The van der Waals surface area contributed by atoms with E-state index in [1.807, 2.05) is 24.1 Å². The number of likely N-dealkylation sites (tertiary alicyclic amines) is 1. The van der Waals surface area contributed by atoms with Crippen molar-refractivity contribution in [2.75, 3.05) is 13.1 Å². The molecule has 0 saturated carbocycles. The van der Waals surface area contributed by atoms with Crippen LogP contribution in [0, 0.1) is 5.92 Å². The van der Waals surface area contributed by atoms with Gasteiger partial charge in [-0.25, -0.2) is 4.79 Å². The summed E-state index contributed by atoms with van der Waals surface area (Å²) >= 11 is 0. The third-order valence-corrected chi connectivity index (χ3v) is 3.71. The van der Waals surface area contributed by atoms with E-state index < -0.39 is 5.60 Å². The number of benzene rings is 1. The summed E-state index contributed by atoms with van der Waals surface area (Å²) in [4.78, 5) is 12.8. The summed E-state index contributed by atoms with van der Waals surface area (Å²) < 4.78 is 0. The quantitative estimate of drug-likeness (QED) is 0.823. The van der Waals surface area contributed by atoms with Crippen molar-refractivity contribution in [1.29, 1.82) is 0 Å². The molecule has 0 radical (unpaired) electrons. The Morgan fingerprint density at radius 1 is 1.50 bits per heavy atom. The molecule has 0 aliphatic carbocycles. The van der Waals surface area contributed by atoms with Crippen LogP contribution in [0.15, 0.2) is 36.4 Å². The minimum Gasteiger partial charge on any atom is -0.389 e. The summed E-state index contributed by atoms with van der Waals surface area (Å²) in [6.07, 6.45) is 2.14. The summed E-state index contributed by atoms with van der Waals surface area (Å²) in [6.45, 7) is 4.22. The first-order valence-corrected chi connectivity index (χ1v) is 6.31. The molecule has 0 aromatic heterocycles. The number of aliphatic hydroxyl groups is 1. The van der Waals surface area contributed by atoms with Crippen LogP contribution < -0.4 is 0 Å². The Hall–Kier alpha value is -1.41. The zero-order valence-corrected chi connectivity index (χ0v) is 10.7. The molecule has 2 rings (SSSR count). The third-order valence-electron chi connectivity index (χ3n) is 3.71. The summed E-state index contributed by atoms with van der Waals surface area (Å²) in [5.74, 6) is 1.68. The van der Waals surface area contributed by atoms with Crippen LogP contribution in [0.5, 0.6) is 0 Å². The highest BCUT2D eigenvalue weighted by atomic mass is 16.3. The van der Waals surface area contributed by atoms with Gasteiger partial charge in [0.2, 0.25) is 0 Å². The van der Waals surface area contributed by atoms with Gasteiger partial charge in [-0.3, -0.25) is 4.90 Å². The van der Waals surface area contributed by atoms with Crippen LogP contribution in [0.25, 0.3) is 0 Å². The maximum atomic E-state index is 10.5. The molecule has 3 heteroatoms. The molecule has 0 unspecified atom stereocenters. The van der Waals surface area contributed by atoms with E-state index in [4.69, 9.17) is 0 Å². The van der Waals surface area contributed by atoms with Crippen molar-refractivity contribution in [2.24, 2.45) is 5.92 Å². The van der Waals surface area contributed by atoms with Crippen LogP contribution in [0.1, 0.15) is 18.9 Å². The smallest absolute Gasteiger partial charge is 0.120 e. The Bertz CT molecular complexity index is 435. The van der Waals surface area contributed by atoms with E-state index in [0.29, 0.717) is 13.0 Å². The minimum absolute atomic E-state index is 0.132. The van der Waals surface area contributed by atoms with E-state index in [-0.39, 0.29) is 5.92 Å². The Balaban J connectivity index is 2.03. The number of piperidine rings is 1. The molecule has 18 heavy (non-hydrogen) atoms. The Kier molecular flexibility index (Phi) is 3.97. The number of nitrogens with zero attached hydrogens (tertiary/aromatic N) is 1. The van der Waals surface area contributed by atoms with E-state index in [9.17, 15) is 9.90 Å². The average molecular weight is 245 g/mol. The van der Waals surface area contributed by atoms with Gasteiger partial charge in [0, 0.05) is 31.6 Å². The molecule has 1 aromatic rings. The molecular weight excluding hydrogens is 226 g/mol. The van der Waals surface area contributed by atoms with Crippen LogP contribution in [-0.4, -0.2) is 34.6 Å². The second-order valence-electron chi connectivity index (χ2n) is 5.22. The highest BCUT2D eigenvalue weighted by Gasteiger charge is 2.36. The van der Waals surface area contributed by atoms with Crippen molar-refractivity contribution in [3.05, 3.63) is 42.0 Å². The van der Waals surface area contributed by atoms with Gasteiger partial charge in [0.15, 0.2) is 0 Å². The molecule has 0 amide bonds. The van der Waals surface area contributed by atoms with Crippen LogP contribution in [0.3, 0.4) is 0 Å². The molecule has 3 nitrogen and oxygen atoms in total. The van der Waals surface area contributed by atoms with E-state index in [1.165, 1.54) is 11.6 Å². The van der Waals surface area contributed by atoms with Gasteiger partial charge in [-0.05, 0) is 18.9 Å². The van der Waals surface area contributed by atoms with Gasteiger partial charge in [-0.2, -0.15) is 0 Å². The van der Waals surface area contributed by atoms with Crippen LogP contribution in [-0.2, 0) is 11.3 Å². The maximum Gasteiger partial charge on any atom is 0.120 e. The van der Waals surface area contributed by atoms with Gasteiger partial charge in [0.25, 0.3) is 0 Å². The largest absolute Gasteiger partial charge is 0.389 e. The molecule has 1 fully saturated rings. The zero-order chi connectivity index (χ0) is 13.0. The molecule has 1 aliphatic heterocycles. The maximum absolute atomic E-state index is 10.5. The number of rotatable bonds is 3. The Morgan fingerprint density at radius 2 is 2.22 bits per heavy atom. The first-order chi connectivity index (χ1) is 8.62. The summed E-state index contributed by atoms with van der Waals surface area (Å²) in [7, 11) is 0. The lowest BCUT2D eigenvalue weighted by Crippen LogP contribution is -2.49. The summed E-state index contributed by atoms with van der Waals surface area (Å²) in [5.41, 5.74) is 0.470. The molecule has 1 saturated heterocycles. The number of hydrogen-bond acceptors (Lipinski definition) is 3. The van der Waals surface area contributed by atoms with Gasteiger partial charge in [0.05, 0.1) is 5.60 Å².